The topological polar surface area (TPSA) is 54.4 Å². The van der Waals surface area contributed by atoms with Crippen molar-refractivity contribution in [3.63, 3.8) is 0 Å². The number of rotatable bonds is 3. The first kappa shape index (κ1) is 12.8. The van der Waals surface area contributed by atoms with Crippen LogP contribution in [0.1, 0.15) is 16.1 Å². The van der Waals surface area contributed by atoms with E-state index in [4.69, 9.17) is 0 Å². The van der Waals surface area contributed by atoms with Crippen LogP contribution in [0.25, 0.3) is 0 Å². The van der Waals surface area contributed by atoms with Gasteiger partial charge in [-0.3, -0.25) is 9.78 Å². The van der Waals surface area contributed by atoms with Crippen molar-refractivity contribution in [2.24, 2.45) is 5.10 Å². The maximum atomic E-state index is 13.2. The molecule has 4 nitrogen and oxygen atoms in total. The lowest BCUT2D eigenvalue weighted by Crippen LogP contribution is -2.18. The molecule has 19 heavy (non-hydrogen) atoms. The fourth-order valence-corrected chi connectivity index (χ4v) is 1.32. The van der Waals surface area contributed by atoms with Crippen LogP contribution in [0.5, 0.6) is 0 Å². The summed E-state index contributed by atoms with van der Waals surface area (Å²) in [5.41, 5.74) is 2.46. The molecule has 0 aliphatic carbocycles. The van der Waals surface area contributed by atoms with Crippen LogP contribution >= 0.6 is 0 Å². The van der Waals surface area contributed by atoms with Crippen molar-refractivity contribution in [3.8, 4) is 0 Å². The van der Waals surface area contributed by atoms with Crippen molar-refractivity contribution in [1.82, 2.24) is 10.4 Å². The molecule has 96 valence electrons. The fourth-order valence-electron chi connectivity index (χ4n) is 1.32. The first-order valence-corrected chi connectivity index (χ1v) is 5.36. The summed E-state index contributed by atoms with van der Waals surface area (Å²) in [5.74, 6) is -1.94. The Morgan fingerprint density at radius 3 is 2.79 bits per heavy atom. The number of carbonyl (C=O) groups excluding carboxylic acids is 1. The van der Waals surface area contributed by atoms with Gasteiger partial charge in [0.1, 0.15) is 17.3 Å². The summed E-state index contributed by atoms with van der Waals surface area (Å²) in [5, 5.41) is 3.58. The molecule has 0 fully saturated rings. The third-order valence-electron chi connectivity index (χ3n) is 2.23. The lowest BCUT2D eigenvalue weighted by molar-refractivity contribution is 0.0950. The van der Waals surface area contributed by atoms with Crippen LogP contribution in [-0.2, 0) is 0 Å². The summed E-state index contributed by atoms with van der Waals surface area (Å²) in [4.78, 5) is 15.4. The quantitative estimate of drug-likeness (QED) is 0.679. The molecule has 0 aliphatic heterocycles. The first-order chi connectivity index (χ1) is 9.16. The highest BCUT2D eigenvalue weighted by Gasteiger charge is 2.04. The van der Waals surface area contributed by atoms with Gasteiger partial charge < -0.3 is 0 Å². The number of benzene rings is 1. The smallest absolute Gasteiger partial charge is 0.266 e. The average molecular weight is 261 g/mol. The van der Waals surface area contributed by atoms with Gasteiger partial charge in [-0.05, 0) is 24.3 Å². The minimum atomic E-state index is -0.754. The van der Waals surface area contributed by atoms with Gasteiger partial charge in [-0.1, -0.05) is 6.07 Å². The predicted octanol–water partition coefficient (Wildman–Crippen LogP) is 2.12. The second-order valence-electron chi connectivity index (χ2n) is 3.58. The van der Waals surface area contributed by atoms with Gasteiger partial charge in [0.05, 0.1) is 6.21 Å². The summed E-state index contributed by atoms with van der Waals surface area (Å²) in [6, 6.07) is 7.91. The Hall–Kier alpha value is -2.63. The highest BCUT2D eigenvalue weighted by molar-refractivity contribution is 5.93. The van der Waals surface area contributed by atoms with Crippen molar-refractivity contribution in [1.29, 1.82) is 0 Å². The monoisotopic (exact) mass is 261 g/mol. The van der Waals surface area contributed by atoms with E-state index in [9.17, 15) is 13.6 Å². The zero-order valence-corrected chi connectivity index (χ0v) is 9.68. The number of nitrogens with zero attached hydrogens (tertiary/aromatic N) is 2. The molecule has 2 rings (SSSR count). The summed E-state index contributed by atoms with van der Waals surface area (Å²) >= 11 is 0. The lowest BCUT2D eigenvalue weighted by Gasteiger charge is -1.99. The molecule has 1 heterocycles. The Morgan fingerprint density at radius 2 is 2.11 bits per heavy atom. The van der Waals surface area contributed by atoms with Gasteiger partial charge in [-0.25, -0.2) is 14.2 Å². The molecule has 0 saturated heterocycles. The molecule has 1 aromatic heterocycles. The Labute approximate surface area is 107 Å². The molecular formula is C13H9F2N3O. The second kappa shape index (κ2) is 5.81. The largest absolute Gasteiger partial charge is 0.289 e. The summed E-state index contributed by atoms with van der Waals surface area (Å²) in [7, 11) is 0. The van der Waals surface area contributed by atoms with E-state index in [2.05, 4.69) is 15.5 Å². The minimum absolute atomic E-state index is 0.0720. The van der Waals surface area contributed by atoms with Gasteiger partial charge in [0, 0.05) is 17.8 Å². The summed E-state index contributed by atoms with van der Waals surface area (Å²) in [6.07, 6.45) is 2.56. The third-order valence-corrected chi connectivity index (χ3v) is 2.23. The minimum Gasteiger partial charge on any atom is -0.266 e. The Bertz CT molecular complexity index is 615. The van der Waals surface area contributed by atoms with Gasteiger partial charge in [-0.2, -0.15) is 5.10 Å². The van der Waals surface area contributed by atoms with Crippen LogP contribution in [0.4, 0.5) is 8.78 Å². The molecule has 1 aromatic carbocycles. The third kappa shape index (κ3) is 3.41. The molecule has 6 heteroatoms. The number of hydrogen-bond donors (Lipinski definition) is 1. The lowest BCUT2D eigenvalue weighted by atomic mass is 10.2. The molecule has 0 atom stereocenters. The highest BCUT2D eigenvalue weighted by atomic mass is 19.1. The highest BCUT2D eigenvalue weighted by Crippen LogP contribution is 2.06. The van der Waals surface area contributed by atoms with Crippen molar-refractivity contribution in [2.75, 3.05) is 0 Å². The number of hydrogen-bond acceptors (Lipinski definition) is 3. The number of aromatic nitrogens is 1. The van der Waals surface area contributed by atoms with Crippen LogP contribution in [0.2, 0.25) is 0 Å². The SMILES string of the molecule is O=C(N/N=C/c1ccc(F)cc1F)c1ccccn1. The molecule has 0 bridgehead atoms. The van der Waals surface area contributed by atoms with E-state index < -0.39 is 17.5 Å². The Balaban J connectivity index is 2.02. The van der Waals surface area contributed by atoms with Crippen LogP contribution in [-0.4, -0.2) is 17.1 Å². The fraction of sp³-hybridized carbons (Fsp3) is 0. The van der Waals surface area contributed by atoms with E-state index in [-0.39, 0.29) is 11.3 Å². The number of pyridine rings is 1. The Kier molecular flexibility index (Phi) is 3.92. The van der Waals surface area contributed by atoms with Crippen LogP contribution in [0.3, 0.4) is 0 Å². The molecule has 0 spiro atoms. The van der Waals surface area contributed by atoms with E-state index in [1.807, 2.05) is 0 Å². The van der Waals surface area contributed by atoms with Gasteiger partial charge in [0.2, 0.25) is 0 Å². The molecule has 1 N–H and O–H groups in total. The van der Waals surface area contributed by atoms with Gasteiger partial charge in [-0.15, -0.1) is 0 Å². The number of amides is 1. The number of nitrogens with one attached hydrogen (secondary N) is 1. The number of halogens is 2. The second-order valence-corrected chi connectivity index (χ2v) is 3.58. The number of hydrazone groups is 1. The maximum Gasteiger partial charge on any atom is 0.289 e. The van der Waals surface area contributed by atoms with Gasteiger partial charge in [0.15, 0.2) is 0 Å². The standard InChI is InChI=1S/C13H9F2N3O/c14-10-5-4-9(11(15)7-10)8-17-18-13(19)12-3-1-2-6-16-12/h1-8H,(H,18,19)/b17-8+. The molecular weight excluding hydrogens is 252 g/mol. The first-order valence-electron chi connectivity index (χ1n) is 5.36. The number of carbonyl (C=O) groups is 1. The van der Waals surface area contributed by atoms with Gasteiger partial charge >= 0.3 is 0 Å². The van der Waals surface area contributed by atoms with Gasteiger partial charge in [0.25, 0.3) is 5.91 Å². The van der Waals surface area contributed by atoms with E-state index in [0.29, 0.717) is 0 Å². The van der Waals surface area contributed by atoms with E-state index >= 15 is 0 Å². The van der Waals surface area contributed by atoms with E-state index in [0.717, 1.165) is 18.3 Å². The van der Waals surface area contributed by atoms with Crippen molar-refractivity contribution < 1.29 is 13.6 Å². The molecule has 0 aliphatic rings. The molecule has 0 unspecified atom stereocenters. The molecule has 0 saturated carbocycles. The molecule has 0 radical (unpaired) electrons. The summed E-state index contributed by atoms with van der Waals surface area (Å²) in [6.45, 7) is 0. The van der Waals surface area contributed by atoms with Crippen LogP contribution in [0.15, 0.2) is 47.7 Å². The van der Waals surface area contributed by atoms with Crippen molar-refractivity contribution >= 4 is 12.1 Å². The van der Waals surface area contributed by atoms with E-state index in [1.165, 1.54) is 18.3 Å². The van der Waals surface area contributed by atoms with E-state index in [1.54, 1.807) is 12.1 Å². The molecule has 2 aromatic rings. The zero-order valence-electron chi connectivity index (χ0n) is 9.68. The maximum absolute atomic E-state index is 13.2. The zero-order chi connectivity index (χ0) is 13.7. The predicted molar refractivity (Wildman–Crippen MR) is 65.7 cm³/mol. The van der Waals surface area contributed by atoms with Crippen LogP contribution in [0, 0.1) is 11.6 Å². The average Bonchev–Trinajstić information content (AvgIpc) is 2.42. The van der Waals surface area contributed by atoms with Crippen LogP contribution < -0.4 is 5.43 Å². The van der Waals surface area contributed by atoms with Crippen molar-refractivity contribution in [2.45, 2.75) is 0 Å². The summed E-state index contributed by atoms with van der Waals surface area (Å²) < 4.78 is 25.9. The molecule has 1 amide bonds. The normalized spacial score (nSPS) is 10.6. The Morgan fingerprint density at radius 1 is 1.26 bits per heavy atom. The van der Waals surface area contributed by atoms with Crippen molar-refractivity contribution in [3.05, 3.63) is 65.5 Å².